The molecule has 0 saturated carbocycles. The normalized spacial score (nSPS) is 14.2. The Labute approximate surface area is 345 Å². The van der Waals surface area contributed by atoms with Crippen molar-refractivity contribution in [2.45, 2.75) is 5.41 Å². The molecule has 10 aromatic carbocycles. The highest BCUT2D eigenvalue weighted by Gasteiger charge is 2.48. The first-order chi connectivity index (χ1) is 29.3. The number of hydrogen-bond acceptors (Lipinski definition) is 2. The average Bonchev–Trinajstić information content (AvgIpc) is 3.61. The Bertz CT molecular complexity index is 3010. The van der Waals surface area contributed by atoms with Crippen molar-refractivity contribution >= 4 is 55.7 Å². The van der Waals surface area contributed by atoms with Crippen LogP contribution in [0.4, 0.5) is 34.1 Å². The number of para-hydroxylation sites is 4. The van der Waals surface area contributed by atoms with E-state index in [1.165, 1.54) is 54.9 Å². The van der Waals surface area contributed by atoms with Crippen LogP contribution >= 0.6 is 0 Å². The summed E-state index contributed by atoms with van der Waals surface area (Å²) in [5.74, 6) is 0. The minimum atomic E-state index is -0.678. The lowest BCUT2D eigenvalue weighted by Gasteiger charge is -2.36. The number of anilines is 6. The lowest BCUT2D eigenvalue weighted by Crippen LogP contribution is -2.29. The van der Waals surface area contributed by atoms with Crippen molar-refractivity contribution in [3.63, 3.8) is 0 Å². The van der Waals surface area contributed by atoms with Crippen molar-refractivity contribution in [1.29, 1.82) is 0 Å². The third kappa shape index (κ3) is 5.64. The fourth-order valence-electron chi connectivity index (χ4n) is 9.55. The molecule has 0 amide bonds. The van der Waals surface area contributed by atoms with Crippen LogP contribution in [0.25, 0.3) is 32.7 Å². The van der Waals surface area contributed by atoms with E-state index in [0.29, 0.717) is 0 Å². The molecule has 0 bridgehead atoms. The minimum Gasteiger partial charge on any atom is -0.310 e. The van der Waals surface area contributed by atoms with E-state index in [4.69, 9.17) is 0 Å². The van der Waals surface area contributed by atoms with Crippen LogP contribution in [0.1, 0.15) is 22.3 Å². The van der Waals surface area contributed by atoms with Gasteiger partial charge in [-0.3, -0.25) is 0 Å². The first-order valence-electron chi connectivity index (χ1n) is 20.4. The molecule has 0 aromatic heterocycles. The Balaban J connectivity index is 1.29. The molecule has 11 rings (SSSR count). The summed E-state index contributed by atoms with van der Waals surface area (Å²) in [6, 6.07) is 88.7. The second-order valence-corrected chi connectivity index (χ2v) is 15.3. The van der Waals surface area contributed by atoms with Gasteiger partial charge in [0.2, 0.25) is 0 Å². The number of hydrogen-bond donors (Lipinski definition) is 0. The highest BCUT2D eigenvalue weighted by Crippen LogP contribution is 2.61. The third-order valence-corrected chi connectivity index (χ3v) is 12.0. The molecule has 59 heavy (non-hydrogen) atoms. The molecule has 1 aliphatic carbocycles. The summed E-state index contributed by atoms with van der Waals surface area (Å²) >= 11 is 0. The monoisotopic (exact) mass is 752 g/mol. The predicted molar refractivity (Wildman–Crippen MR) is 248 cm³/mol. The van der Waals surface area contributed by atoms with Gasteiger partial charge < -0.3 is 9.80 Å². The summed E-state index contributed by atoms with van der Waals surface area (Å²) < 4.78 is 0. The Morgan fingerprint density at radius 3 is 1.37 bits per heavy atom. The largest absolute Gasteiger partial charge is 0.310 e. The highest BCUT2D eigenvalue weighted by molar-refractivity contribution is 6.11. The topological polar surface area (TPSA) is 6.48 Å². The van der Waals surface area contributed by atoms with Crippen molar-refractivity contribution in [3.05, 3.63) is 265 Å². The maximum atomic E-state index is 2.51. The molecule has 0 radical (unpaired) electrons. The van der Waals surface area contributed by atoms with Crippen molar-refractivity contribution < 1.29 is 0 Å². The Morgan fingerprint density at radius 2 is 0.780 bits per heavy atom. The van der Waals surface area contributed by atoms with Crippen molar-refractivity contribution in [2.75, 3.05) is 9.80 Å². The maximum Gasteiger partial charge on any atom is 0.0715 e. The lowest BCUT2D eigenvalue weighted by atomic mass is 9.67. The first kappa shape index (κ1) is 34.6. The van der Waals surface area contributed by atoms with Gasteiger partial charge in [0.25, 0.3) is 0 Å². The Hall–Kier alpha value is -7.68. The second-order valence-electron chi connectivity index (χ2n) is 15.3. The van der Waals surface area contributed by atoms with Gasteiger partial charge in [0.15, 0.2) is 0 Å². The van der Waals surface area contributed by atoms with Crippen LogP contribution in [0.3, 0.4) is 0 Å². The van der Waals surface area contributed by atoms with Crippen molar-refractivity contribution in [3.8, 4) is 11.1 Å². The molecular weight excluding hydrogens is 713 g/mol. The van der Waals surface area contributed by atoms with Gasteiger partial charge in [-0.1, -0.05) is 170 Å². The molecule has 10 aromatic rings. The summed E-state index contributed by atoms with van der Waals surface area (Å²) in [5, 5.41) is 4.88. The van der Waals surface area contributed by atoms with E-state index in [2.05, 4.69) is 252 Å². The van der Waals surface area contributed by atoms with Crippen molar-refractivity contribution in [2.24, 2.45) is 0 Å². The van der Waals surface area contributed by atoms with E-state index in [0.717, 1.165) is 34.1 Å². The molecule has 278 valence electrons. The molecule has 2 nitrogen and oxygen atoms in total. The summed E-state index contributed by atoms with van der Waals surface area (Å²) in [5.41, 5.74) is 13.5. The van der Waals surface area contributed by atoms with Gasteiger partial charge in [-0.15, -0.1) is 0 Å². The number of rotatable bonds is 8. The zero-order valence-corrected chi connectivity index (χ0v) is 32.5. The van der Waals surface area contributed by atoms with Gasteiger partial charge in [-0.2, -0.15) is 0 Å². The lowest BCUT2D eigenvalue weighted by molar-refractivity contribution is 0.770. The van der Waals surface area contributed by atoms with Gasteiger partial charge in [0.1, 0.15) is 0 Å². The zero-order chi connectivity index (χ0) is 39.2. The summed E-state index contributed by atoms with van der Waals surface area (Å²) in [6.45, 7) is 0. The molecule has 2 heteroatoms. The molecule has 1 aliphatic rings. The van der Waals surface area contributed by atoms with E-state index in [-0.39, 0.29) is 0 Å². The fraction of sp³-hybridized carbons (Fsp3) is 0.0175. The standard InChI is InChI=1S/C57H40N2/c1-6-22-43(23-7-1)57(44-35-34-41-20-16-17-21-42(41)38-44)53-39-49(58(45-24-8-2-9-25-45)46-26-10-3-11-27-46)36-37-52(53)56-51-33-19-18-32-50(51)55(40-54(56)57)59(47-28-12-4-13-29-47)48-30-14-5-15-31-48/h1-40H. The Kier molecular flexibility index (Phi) is 8.41. The van der Waals surface area contributed by atoms with Gasteiger partial charge in [0, 0.05) is 33.8 Å². The van der Waals surface area contributed by atoms with Crippen LogP contribution in [0.2, 0.25) is 0 Å². The summed E-state index contributed by atoms with van der Waals surface area (Å²) in [7, 11) is 0. The number of benzene rings is 10. The van der Waals surface area contributed by atoms with Crippen LogP contribution in [0.5, 0.6) is 0 Å². The summed E-state index contributed by atoms with van der Waals surface area (Å²) in [6.07, 6.45) is 0. The summed E-state index contributed by atoms with van der Waals surface area (Å²) in [4.78, 5) is 4.81. The molecule has 0 N–H and O–H groups in total. The molecule has 1 unspecified atom stereocenters. The van der Waals surface area contributed by atoms with E-state index >= 15 is 0 Å². The molecule has 0 aliphatic heterocycles. The van der Waals surface area contributed by atoms with E-state index in [9.17, 15) is 0 Å². The molecule has 1 atom stereocenters. The van der Waals surface area contributed by atoms with Gasteiger partial charge in [0.05, 0.1) is 11.1 Å². The second kappa shape index (κ2) is 14.4. The zero-order valence-electron chi connectivity index (χ0n) is 32.5. The van der Waals surface area contributed by atoms with Crippen LogP contribution in [-0.4, -0.2) is 0 Å². The van der Waals surface area contributed by atoms with E-state index in [1.807, 2.05) is 0 Å². The average molecular weight is 753 g/mol. The molecule has 0 saturated heterocycles. The SMILES string of the molecule is c1ccc(N(c2ccccc2)c2ccc3c(c2)C(c2ccccc2)(c2ccc4ccccc4c2)c2cc(N(c4ccccc4)c4ccccc4)c4ccccc4c2-3)cc1. The quantitative estimate of drug-likeness (QED) is 0.152. The highest BCUT2D eigenvalue weighted by atomic mass is 15.1. The first-order valence-corrected chi connectivity index (χ1v) is 20.4. The number of nitrogens with zero attached hydrogens (tertiary/aromatic N) is 2. The van der Waals surface area contributed by atoms with E-state index < -0.39 is 5.41 Å². The molecular formula is C57H40N2. The van der Waals surface area contributed by atoms with Gasteiger partial charge >= 0.3 is 0 Å². The van der Waals surface area contributed by atoms with Crippen LogP contribution in [0, 0.1) is 0 Å². The van der Waals surface area contributed by atoms with E-state index in [1.54, 1.807) is 0 Å². The smallest absolute Gasteiger partial charge is 0.0715 e. The Morgan fingerprint density at radius 1 is 0.288 bits per heavy atom. The van der Waals surface area contributed by atoms with Crippen LogP contribution in [-0.2, 0) is 5.41 Å². The molecule has 0 heterocycles. The third-order valence-electron chi connectivity index (χ3n) is 12.0. The van der Waals surface area contributed by atoms with Crippen molar-refractivity contribution in [1.82, 2.24) is 0 Å². The van der Waals surface area contributed by atoms with Gasteiger partial charge in [-0.05, 0) is 122 Å². The van der Waals surface area contributed by atoms with Gasteiger partial charge in [-0.25, -0.2) is 0 Å². The maximum absolute atomic E-state index is 2.51. The predicted octanol–water partition coefficient (Wildman–Crippen LogP) is 15.3. The molecule has 0 fully saturated rings. The minimum absolute atomic E-state index is 0.678. The molecule has 0 spiro atoms. The fourth-order valence-corrected chi connectivity index (χ4v) is 9.55. The number of fused-ring (bicyclic) bond motifs is 6. The van der Waals surface area contributed by atoms with Crippen LogP contribution in [0.15, 0.2) is 243 Å². The van der Waals surface area contributed by atoms with Crippen LogP contribution < -0.4 is 9.80 Å².